The summed E-state index contributed by atoms with van der Waals surface area (Å²) in [6, 6.07) is 20.9. The molecule has 0 radical (unpaired) electrons. The molecule has 1 atom stereocenters. The zero-order valence-electron chi connectivity index (χ0n) is 21.0. The Bertz CT molecular complexity index is 1280. The molecule has 1 heterocycles. The zero-order chi connectivity index (χ0) is 25.8. The zero-order valence-corrected chi connectivity index (χ0v) is 21.0. The van der Waals surface area contributed by atoms with Gasteiger partial charge in [0.25, 0.3) is 11.7 Å². The largest absolute Gasteiger partial charge is 0.507 e. The second-order valence-corrected chi connectivity index (χ2v) is 8.88. The minimum Gasteiger partial charge on any atom is -0.507 e. The van der Waals surface area contributed by atoms with Crippen LogP contribution in [-0.2, 0) is 9.59 Å². The number of carbonyl (C=O) groups excluding carboxylic acids is 2. The molecule has 0 spiro atoms. The molecule has 0 aliphatic carbocycles. The lowest BCUT2D eigenvalue weighted by Crippen LogP contribution is -2.29. The van der Waals surface area contributed by atoms with Crippen molar-refractivity contribution in [3.8, 4) is 11.5 Å². The van der Waals surface area contributed by atoms with Gasteiger partial charge < -0.3 is 14.6 Å². The quantitative estimate of drug-likeness (QED) is 0.232. The van der Waals surface area contributed by atoms with Gasteiger partial charge in [-0.3, -0.25) is 14.5 Å². The van der Waals surface area contributed by atoms with Crippen LogP contribution in [0.4, 0.5) is 5.69 Å². The number of ether oxygens (including phenoxy) is 2. The molecule has 3 aromatic rings. The molecule has 1 aliphatic heterocycles. The number of hydrogen-bond acceptors (Lipinski definition) is 5. The Morgan fingerprint density at radius 3 is 2.14 bits per heavy atom. The van der Waals surface area contributed by atoms with Gasteiger partial charge in [0.15, 0.2) is 0 Å². The van der Waals surface area contributed by atoms with Gasteiger partial charge in [0.2, 0.25) is 0 Å². The highest BCUT2D eigenvalue weighted by Crippen LogP contribution is 2.43. The second kappa shape index (κ2) is 10.7. The van der Waals surface area contributed by atoms with E-state index in [-0.39, 0.29) is 11.3 Å². The molecule has 0 saturated carbocycles. The van der Waals surface area contributed by atoms with E-state index in [0.717, 1.165) is 5.56 Å². The molecule has 1 aliphatic rings. The molecule has 0 bridgehead atoms. The lowest BCUT2D eigenvalue weighted by atomic mass is 9.94. The maximum Gasteiger partial charge on any atom is 0.300 e. The number of Topliss-reactive ketones (excluding diaryl/α,β-unsaturated/α-hetero) is 1. The van der Waals surface area contributed by atoms with Gasteiger partial charge >= 0.3 is 0 Å². The van der Waals surface area contributed by atoms with Gasteiger partial charge in [-0.15, -0.1) is 0 Å². The van der Waals surface area contributed by atoms with Gasteiger partial charge in [-0.1, -0.05) is 50.2 Å². The Hall–Kier alpha value is -4.06. The van der Waals surface area contributed by atoms with Crippen molar-refractivity contribution in [1.82, 2.24) is 0 Å². The standard InChI is InChI=1S/C30H31NO5/c1-5-35-24-16-12-21(13-17-24)27-26(28(32)22-8-7-9-25(18-22)36-6-2)29(33)30(34)31(27)23-14-10-20(11-15-23)19(3)4/h7-19,27,32H,5-6H2,1-4H3/b28-26-. The van der Waals surface area contributed by atoms with E-state index < -0.39 is 17.7 Å². The molecule has 6 nitrogen and oxygen atoms in total. The predicted molar refractivity (Wildman–Crippen MR) is 141 cm³/mol. The van der Waals surface area contributed by atoms with E-state index in [1.54, 1.807) is 36.4 Å². The van der Waals surface area contributed by atoms with Crippen LogP contribution in [0, 0.1) is 0 Å². The van der Waals surface area contributed by atoms with Crippen LogP contribution in [-0.4, -0.2) is 30.0 Å². The number of benzene rings is 3. The first-order chi connectivity index (χ1) is 17.3. The van der Waals surface area contributed by atoms with Crippen LogP contribution >= 0.6 is 0 Å². The third kappa shape index (κ3) is 4.85. The average Bonchev–Trinajstić information content (AvgIpc) is 3.15. The third-order valence-electron chi connectivity index (χ3n) is 6.21. The summed E-state index contributed by atoms with van der Waals surface area (Å²) in [5.74, 6) is -0.0829. The number of aliphatic hydroxyl groups is 1. The van der Waals surface area contributed by atoms with Crippen LogP contribution in [0.1, 0.15) is 56.3 Å². The summed E-state index contributed by atoms with van der Waals surface area (Å²) in [6.45, 7) is 8.95. The van der Waals surface area contributed by atoms with Crippen molar-refractivity contribution in [3.05, 3.63) is 95.1 Å². The summed E-state index contributed by atoms with van der Waals surface area (Å²) in [5, 5.41) is 11.4. The number of carbonyl (C=O) groups is 2. The van der Waals surface area contributed by atoms with E-state index in [1.807, 2.05) is 50.2 Å². The number of amides is 1. The summed E-state index contributed by atoms with van der Waals surface area (Å²) in [7, 11) is 0. The highest BCUT2D eigenvalue weighted by atomic mass is 16.5. The Morgan fingerprint density at radius 2 is 1.53 bits per heavy atom. The van der Waals surface area contributed by atoms with Crippen molar-refractivity contribution in [1.29, 1.82) is 0 Å². The molecule has 1 saturated heterocycles. The molecule has 1 N–H and O–H groups in total. The first-order valence-electron chi connectivity index (χ1n) is 12.2. The summed E-state index contributed by atoms with van der Waals surface area (Å²) in [6.07, 6.45) is 0. The Morgan fingerprint density at radius 1 is 0.889 bits per heavy atom. The van der Waals surface area contributed by atoms with E-state index in [1.165, 1.54) is 4.90 Å². The molecule has 3 aromatic carbocycles. The first kappa shape index (κ1) is 25.0. The third-order valence-corrected chi connectivity index (χ3v) is 6.21. The van der Waals surface area contributed by atoms with E-state index in [4.69, 9.17) is 9.47 Å². The lowest BCUT2D eigenvalue weighted by Gasteiger charge is -2.26. The van der Waals surface area contributed by atoms with Gasteiger partial charge in [0, 0.05) is 11.3 Å². The minimum atomic E-state index is -0.804. The van der Waals surface area contributed by atoms with Gasteiger partial charge in [-0.25, -0.2) is 0 Å². The number of anilines is 1. The number of aliphatic hydroxyl groups excluding tert-OH is 1. The summed E-state index contributed by atoms with van der Waals surface area (Å²) in [4.78, 5) is 28.2. The lowest BCUT2D eigenvalue weighted by molar-refractivity contribution is -0.132. The molecule has 36 heavy (non-hydrogen) atoms. The summed E-state index contributed by atoms with van der Waals surface area (Å²) >= 11 is 0. The number of ketones is 1. The molecule has 6 heteroatoms. The fourth-order valence-electron chi connectivity index (χ4n) is 4.40. The van der Waals surface area contributed by atoms with Crippen LogP contribution in [0.3, 0.4) is 0 Å². The van der Waals surface area contributed by atoms with E-state index in [0.29, 0.717) is 47.4 Å². The van der Waals surface area contributed by atoms with Crippen molar-refractivity contribution < 1.29 is 24.2 Å². The fourth-order valence-corrected chi connectivity index (χ4v) is 4.40. The molecule has 4 rings (SSSR count). The normalized spacial score (nSPS) is 17.0. The number of nitrogens with zero attached hydrogens (tertiary/aromatic N) is 1. The minimum absolute atomic E-state index is 0.0331. The maximum absolute atomic E-state index is 13.4. The van der Waals surface area contributed by atoms with Crippen LogP contribution in [0.2, 0.25) is 0 Å². The second-order valence-electron chi connectivity index (χ2n) is 8.88. The average molecular weight is 486 g/mol. The fraction of sp³-hybridized carbons (Fsp3) is 0.267. The van der Waals surface area contributed by atoms with Crippen molar-refractivity contribution in [2.24, 2.45) is 0 Å². The molecular formula is C30H31NO5. The van der Waals surface area contributed by atoms with Gasteiger partial charge in [-0.05, 0) is 67.3 Å². The highest BCUT2D eigenvalue weighted by Gasteiger charge is 2.47. The van der Waals surface area contributed by atoms with Crippen molar-refractivity contribution in [2.75, 3.05) is 18.1 Å². The van der Waals surface area contributed by atoms with Gasteiger partial charge in [-0.2, -0.15) is 0 Å². The predicted octanol–water partition coefficient (Wildman–Crippen LogP) is 6.23. The van der Waals surface area contributed by atoms with Crippen LogP contribution in [0.5, 0.6) is 11.5 Å². The van der Waals surface area contributed by atoms with Crippen LogP contribution in [0.15, 0.2) is 78.4 Å². The number of hydrogen-bond donors (Lipinski definition) is 1. The highest BCUT2D eigenvalue weighted by molar-refractivity contribution is 6.51. The molecule has 1 amide bonds. The van der Waals surface area contributed by atoms with Gasteiger partial charge in [0.05, 0.1) is 24.8 Å². The molecule has 1 fully saturated rings. The Kier molecular flexibility index (Phi) is 7.44. The molecule has 0 aromatic heterocycles. The van der Waals surface area contributed by atoms with Crippen molar-refractivity contribution in [2.45, 2.75) is 39.7 Å². The summed E-state index contributed by atoms with van der Waals surface area (Å²) < 4.78 is 11.1. The Balaban J connectivity index is 1.87. The number of rotatable bonds is 8. The topological polar surface area (TPSA) is 76.1 Å². The SMILES string of the molecule is CCOc1ccc(C2/C(=C(/O)c3cccc(OCC)c3)C(=O)C(=O)N2c2ccc(C(C)C)cc2)cc1. The van der Waals surface area contributed by atoms with E-state index >= 15 is 0 Å². The maximum atomic E-state index is 13.4. The van der Waals surface area contributed by atoms with Crippen molar-refractivity contribution in [3.63, 3.8) is 0 Å². The molecule has 1 unspecified atom stereocenters. The molecular weight excluding hydrogens is 454 g/mol. The monoisotopic (exact) mass is 485 g/mol. The van der Waals surface area contributed by atoms with Crippen LogP contribution < -0.4 is 14.4 Å². The van der Waals surface area contributed by atoms with E-state index in [2.05, 4.69) is 13.8 Å². The Labute approximate surface area is 211 Å². The molecule has 186 valence electrons. The van der Waals surface area contributed by atoms with E-state index in [9.17, 15) is 14.7 Å². The summed E-state index contributed by atoms with van der Waals surface area (Å²) in [5.41, 5.74) is 2.84. The smallest absolute Gasteiger partial charge is 0.300 e. The van der Waals surface area contributed by atoms with Crippen molar-refractivity contribution >= 4 is 23.1 Å². The first-order valence-corrected chi connectivity index (χ1v) is 12.2. The van der Waals surface area contributed by atoms with Gasteiger partial charge in [0.1, 0.15) is 17.3 Å². The van der Waals surface area contributed by atoms with Crippen LogP contribution in [0.25, 0.3) is 5.76 Å².